The largest absolute Gasteiger partial charge is 0.458 e. The van der Waals surface area contributed by atoms with E-state index in [2.05, 4.69) is 69.5 Å². The van der Waals surface area contributed by atoms with Gasteiger partial charge in [0.25, 0.3) is 11.8 Å². The minimum atomic E-state index is -0.788. The molecule has 16 saturated carbocycles. The van der Waals surface area contributed by atoms with Crippen LogP contribution in [0.25, 0.3) is 0 Å². The molecule has 2 heterocycles. The number of rotatable bonds is 13. The highest BCUT2D eigenvalue weighted by Crippen LogP contribution is 2.74. The van der Waals surface area contributed by atoms with Crippen molar-refractivity contribution in [2.45, 2.75) is 309 Å². The second kappa shape index (κ2) is 36.6. The molecule has 720 valence electrons. The third-order valence-electron chi connectivity index (χ3n) is 40.8. The molecule has 29 unspecified atom stereocenters. The van der Waals surface area contributed by atoms with Crippen molar-refractivity contribution in [2.24, 2.45) is 154 Å². The van der Waals surface area contributed by atoms with E-state index in [0.717, 1.165) is 201 Å². The van der Waals surface area contributed by atoms with Gasteiger partial charge in [0.1, 0.15) is 37.5 Å². The van der Waals surface area contributed by atoms with Crippen LogP contribution in [-0.4, -0.2) is 188 Å². The molecule has 0 bridgehead atoms. The predicted molar refractivity (Wildman–Crippen MR) is 500 cm³/mol. The number of cyclic esters (lactones) is 2. The van der Waals surface area contributed by atoms with Crippen LogP contribution in [0.4, 0.5) is 4.39 Å². The van der Waals surface area contributed by atoms with Crippen molar-refractivity contribution in [1.29, 1.82) is 0 Å². The van der Waals surface area contributed by atoms with Crippen LogP contribution >= 0.6 is 11.6 Å². The third-order valence-corrected chi connectivity index (χ3v) is 41.0. The minimum absolute atomic E-state index is 0.0242. The van der Waals surface area contributed by atoms with Gasteiger partial charge in [0.2, 0.25) is 0 Å². The summed E-state index contributed by atoms with van der Waals surface area (Å²) in [5, 5.41) is 52.6. The molecule has 2 aromatic carbocycles. The Bertz CT molecular complexity index is 4770. The maximum absolute atomic E-state index is 13.1. The number of aliphatic hydroxyl groups excluding tert-OH is 3. The molecule has 0 aromatic heterocycles. The van der Waals surface area contributed by atoms with E-state index in [1.54, 1.807) is 36.4 Å². The third kappa shape index (κ3) is 17.9. The highest BCUT2D eigenvalue weighted by Gasteiger charge is 2.71. The number of likely N-dealkylation sites (N-methyl/N-ethyl adjacent to an activating group) is 2. The molecule has 2 aliphatic heterocycles. The van der Waals surface area contributed by atoms with Gasteiger partial charge in [0.15, 0.2) is 13.1 Å². The Hall–Kier alpha value is -6.27. The lowest BCUT2D eigenvalue weighted by Gasteiger charge is -2.62. The molecule has 16 aliphatic carbocycles. The molecule has 6 N–H and O–H groups in total. The Morgan fingerprint density at radius 1 is 0.489 bits per heavy atom. The SMILES string of the molecule is CC12CCC3C(CCC4CC(O)CCC43C)C1CC/C2=N\NC(=O)c1ccc(F)cc1.CC12CCC3C(CCC4CC(O)CCC43C)C1CC/C2=N\NC(=O)c1cccc(Cl)c1.CC12CCC3C(CC[C@H]4CC(O)CCC34C=O)C1(O)CCC2C1=CC(=O)OC1.CC12CC[C@H]3C(CCC4CC(OC(=O)C[N+](C)(C)C)CCC43C)C1CC(OC(=O)C[N+](C)(C)C)C2C1=CC(=O)OC1. The normalized spacial score (nSPS) is 44.4. The minimum Gasteiger partial charge on any atom is -0.458 e. The van der Waals surface area contributed by atoms with Crippen molar-refractivity contribution in [1.82, 2.24) is 10.9 Å². The molecule has 0 radical (unpaired) electrons. The van der Waals surface area contributed by atoms with Crippen molar-refractivity contribution in [3.63, 3.8) is 0 Å². The molecule has 2 amide bonds. The Morgan fingerprint density at radius 2 is 0.962 bits per heavy atom. The van der Waals surface area contributed by atoms with Gasteiger partial charge in [-0.3, -0.25) is 9.59 Å². The first-order chi connectivity index (χ1) is 61.9. The number of halogens is 2. The molecule has 0 saturated heterocycles. The molecule has 2 aromatic rings. The summed E-state index contributed by atoms with van der Waals surface area (Å²) in [4.78, 5) is 86.9. The summed E-state index contributed by atoms with van der Waals surface area (Å²) in [5.74, 6) is 7.12. The Kier molecular flexibility index (Phi) is 26.9. The Morgan fingerprint density at radius 3 is 1.49 bits per heavy atom. The van der Waals surface area contributed by atoms with Crippen molar-refractivity contribution in [3.8, 4) is 0 Å². The topological polar surface area (TPSA) is 286 Å². The second-order valence-corrected chi connectivity index (χ2v) is 49.6. The molecule has 16 fully saturated rings. The Balaban J connectivity index is 0.000000123. The molecule has 0 spiro atoms. The number of amides is 2. The molecule has 23 heteroatoms. The van der Waals surface area contributed by atoms with E-state index < -0.39 is 5.60 Å². The summed E-state index contributed by atoms with van der Waals surface area (Å²) in [6.07, 6.45) is 40.2. The number of hydrazone groups is 2. The first-order valence-corrected chi connectivity index (χ1v) is 51.6. The fraction of sp³-hybridized carbons (Fsp3) is 0.769. The smallest absolute Gasteiger partial charge is 0.362 e. The summed E-state index contributed by atoms with van der Waals surface area (Å²) in [6.45, 7) is 18.3. The van der Waals surface area contributed by atoms with E-state index in [-0.39, 0.29) is 134 Å². The highest BCUT2D eigenvalue weighted by atomic mass is 35.5. The number of quaternary nitrogens is 2. The standard InChI is InChI=1S/C33H54N2O6.C26H35ClN2O2.C26H35FN2O2.C23H32O5/c1-32-13-11-23(40-29(37)18-34(3,4)5)16-22(32)9-10-24-25(32)12-14-33(2)26(24)17-27(41-30(38)19-35(6,7)8)31(33)21-15-28(36)39-20-21;1-25-12-10-19(30)15-17(25)6-7-20-21-8-9-23(26(21,2)13-11-22(20)25)28-29-24(31)16-4-3-5-18(27)14-16;1-25-13-11-19(30)15-17(25)5-8-20-21-9-10-23(26(21,2)14-12-22(20)25)28-29-24(31)16-3-6-18(27)7-4-16;1-21-7-5-18-19(3-2-15-11-16(25)4-8-22(15,18)13-24)23(21,27)9-6-17(21)14-10-20(26)28-12-14/h15,22-27,31H,9-14,16-20H2,1-8H3;3-5,14,17,19-22,30H,6-13,15H2,1-2H3,(H,29,31);3-4,6-7,17,19-22,30H,5,8-15H2,1-2H3,(H,29,31);10,13,15-19,25,27H,2-9,11-12H2,1H3/q+2;;;/b;2*28-23+;/t22?,23?,24?,25-,26?,27?,31?,32?,33?;;;15-,16?,17?,18?,19?,21?,22?,23?/m0..0/s1. The number of aldehydes is 1. The second-order valence-electron chi connectivity index (χ2n) is 49.2. The van der Waals surface area contributed by atoms with Gasteiger partial charge < -0.3 is 53.1 Å². The zero-order chi connectivity index (χ0) is 93.3. The first-order valence-electron chi connectivity index (χ1n) is 51.2. The number of carbonyl (C=O) groups excluding carboxylic acids is 7. The lowest BCUT2D eigenvalue weighted by molar-refractivity contribution is -0.862. The van der Waals surface area contributed by atoms with Gasteiger partial charge in [-0.2, -0.15) is 10.2 Å². The van der Waals surface area contributed by atoms with Crippen LogP contribution in [0.5, 0.6) is 0 Å². The molecule has 131 heavy (non-hydrogen) atoms. The van der Waals surface area contributed by atoms with E-state index in [9.17, 15) is 58.4 Å². The zero-order valence-electron chi connectivity index (χ0n) is 81.0. The monoisotopic (exact) mass is 1830 g/mol. The van der Waals surface area contributed by atoms with E-state index >= 15 is 0 Å². The lowest BCUT2D eigenvalue weighted by atomic mass is 9.43. The van der Waals surface area contributed by atoms with E-state index in [1.165, 1.54) is 94.1 Å². The van der Waals surface area contributed by atoms with Crippen molar-refractivity contribution in [3.05, 3.63) is 93.8 Å². The highest BCUT2D eigenvalue weighted by molar-refractivity contribution is 6.31. The van der Waals surface area contributed by atoms with Gasteiger partial charge in [-0.1, -0.05) is 66.1 Å². The number of nitrogens with zero attached hydrogens (tertiary/aromatic N) is 4. The predicted octanol–water partition coefficient (Wildman–Crippen LogP) is 17.9. The number of esters is 4. The number of hydrogen-bond donors (Lipinski definition) is 6. The summed E-state index contributed by atoms with van der Waals surface area (Å²) in [5.41, 5.74) is 10.6. The molecule has 18 aliphatic rings. The summed E-state index contributed by atoms with van der Waals surface area (Å²) < 4.78 is 37.1. The van der Waals surface area contributed by atoms with E-state index in [4.69, 9.17) is 30.5 Å². The number of aliphatic hydroxyl groups is 4. The fourth-order valence-corrected chi connectivity index (χ4v) is 34.4. The number of fused-ring (bicyclic) bond motifs is 20. The van der Waals surface area contributed by atoms with Crippen LogP contribution in [0, 0.1) is 150 Å². The van der Waals surface area contributed by atoms with E-state index in [1.807, 2.05) is 42.3 Å². The van der Waals surface area contributed by atoms with Gasteiger partial charge in [0, 0.05) is 67.3 Å². The quantitative estimate of drug-likeness (QED) is 0.0357. The number of carbonyl (C=O) groups is 7. The van der Waals surface area contributed by atoms with Gasteiger partial charge in [0.05, 0.1) is 66.2 Å². The average molecular weight is 1830 g/mol. The first kappa shape index (κ1) is 96.4. The van der Waals surface area contributed by atoms with Crippen molar-refractivity contribution in [2.75, 3.05) is 68.6 Å². The molecular weight excluding hydrogens is 1680 g/mol. The van der Waals surface area contributed by atoms with Crippen molar-refractivity contribution >= 4 is 65.0 Å². The van der Waals surface area contributed by atoms with Crippen LogP contribution in [0.15, 0.2) is 82.0 Å². The zero-order valence-corrected chi connectivity index (χ0v) is 81.7. The van der Waals surface area contributed by atoms with Crippen LogP contribution in [0.2, 0.25) is 5.02 Å². The van der Waals surface area contributed by atoms with Gasteiger partial charge in [-0.15, -0.1) is 0 Å². The summed E-state index contributed by atoms with van der Waals surface area (Å²) in [6, 6.07) is 12.6. The Labute approximate surface area is 783 Å². The van der Waals surface area contributed by atoms with Crippen LogP contribution < -0.4 is 10.9 Å². The van der Waals surface area contributed by atoms with Crippen molar-refractivity contribution < 1.29 is 86.3 Å². The fourth-order valence-electron chi connectivity index (χ4n) is 34.2. The van der Waals surface area contributed by atoms with Gasteiger partial charge in [-0.05, 0) is 395 Å². The lowest BCUT2D eigenvalue weighted by Crippen LogP contribution is -2.63. The van der Waals surface area contributed by atoms with E-state index in [0.29, 0.717) is 116 Å². The maximum Gasteiger partial charge on any atom is 0.362 e. The van der Waals surface area contributed by atoms with Gasteiger partial charge >= 0.3 is 23.9 Å². The average Bonchev–Trinajstić information content (AvgIpc) is 1.59. The maximum atomic E-state index is 13.1. The van der Waals surface area contributed by atoms with Crippen LogP contribution in [0.3, 0.4) is 0 Å². The number of nitrogens with one attached hydrogen (secondary N) is 2. The number of ether oxygens (including phenoxy) is 4. The number of hydrogen-bond acceptors (Lipinski definition) is 17. The molecule has 21 nitrogen and oxygen atoms in total. The van der Waals surface area contributed by atoms with Crippen LogP contribution in [-0.2, 0) is 42.9 Å². The summed E-state index contributed by atoms with van der Waals surface area (Å²) >= 11 is 6.03. The summed E-state index contributed by atoms with van der Waals surface area (Å²) in [7, 11) is 12.1. The molecular formula is C108H156ClFN6O15+2. The number of benzene rings is 2. The van der Waals surface area contributed by atoms with Gasteiger partial charge in [-0.25, -0.2) is 34.4 Å². The van der Waals surface area contributed by atoms with Crippen LogP contribution in [0.1, 0.15) is 294 Å². The molecule has 20 rings (SSSR count). The molecule has 31 atom stereocenters.